The number of aliphatic hydroxyl groups is 1. The van der Waals surface area contributed by atoms with Crippen LogP contribution in [0.3, 0.4) is 0 Å². The Morgan fingerprint density at radius 1 is 1.18 bits per heavy atom. The van der Waals surface area contributed by atoms with Crippen LogP contribution in [0.2, 0.25) is 0 Å². The van der Waals surface area contributed by atoms with Gasteiger partial charge in [0.1, 0.15) is 12.2 Å². The summed E-state index contributed by atoms with van der Waals surface area (Å²) in [4.78, 5) is 20.9. The number of amidine groups is 1. The molecule has 0 amide bonds. The van der Waals surface area contributed by atoms with Gasteiger partial charge in [0.25, 0.3) is 0 Å². The molecule has 0 spiro atoms. The monoisotopic (exact) mass is 515 g/mol. The van der Waals surface area contributed by atoms with Crippen LogP contribution in [0.25, 0.3) is 11.1 Å². The van der Waals surface area contributed by atoms with Gasteiger partial charge < -0.3 is 19.9 Å². The average Bonchev–Trinajstić information content (AvgIpc) is 3.61. The first-order valence-electron chi connectivity index (χ1n) is 12.4. The fourth-order valence-corrected chi connectivity index (χ4v) is 4.76. The van der Waals surface area contributed by atoms with Crippen LogP contribution in [-0.4, -0.2) is 79.2 Å². The number of aliphatic hydroxyl groups excluding tert-OH is 1. The molecule has 0 saturated carbocycles. The van der Waals surface area contributed by atoms with E-state index in [1.807, 2.05) is 37.3 Å². The number of hydrogen-bond donors (Lipinski definition) is 3. The lowest BCUT2D eigenvalue weighted by molar-refractivity contribution is 0.212. The Balaban J connectivity index is 1.31. The van der Waals surface area contributed by atoms with E-state index in [9.17, 15) is 9.50 Å². The van der Waals surface area contributed by atoms with Crippen molar-refractivity contribution in [2.45, 2.75) is 18.9 Å². The molecule has 1 aliphatic heterocycles. The van der Waals surface area contributed by atoms with Crippen LogP contribution in [0.15, 0.2) is 66.3 Å². The molecular weight excluding hydrogens is 485 g/mol. The van der Waals surface area contributed by atoms with Gasteiger partial charge in [-0.2, -0.15) is 5.10 Å². The first kappa shape index (κ1) is 25.3. The number of halogens is 1. The van der Waals surface area contributed by atoms with Crippen LogP contribution < -0.4 is 4.90 Å². The Labute approximate surface area is 220 Å². The summed E-state index contributed by atoms with van der Waals surface area (Å²) in [6, 6.07) is 8.18. The first-order valence-corrected chi connectivity index (χ1v) is 12.4. The SMILES string of the molecule is C[C@@H](c1ccc(F)cc1)c1cnc(N2CCN(/C(=N/C=N)c3cc(-c4cnn(C)c4)c[nH]3)C[C@H]2CO)nc1. The molecule has 0 bridgehead atoms. The van der Waals surface area contributed by atoms with Gasteiger partial charge in [0.15, 0.2) is 5.84 Å². The number of anilines is 1. The summed E-state index contributed by atoms with van der Waals surface area (Å²) < 4.78 is 15.0. The van der Waals surface area contributed by atoms with Crippen molar-refractivity contribution >= 4 is 18.1 Å². The molecule has 1 aromatic carbocycles. The van der Waals surface area contributed by atoms with E-state index in [1.165, 1.54) is 12.1 Å². The lowest BCUT2D eigenvalue weighted by Gasteiger charge is -2.41. The van der Waals surface area contributed by atoms with Gasteiger partial charge in [0, 0.05) is 68.5 Å². The number of rotatable bonds is 7. The standard InChI is InChI=1S/C27H30FN9O/c1-18(19-3-5-23(28)6-4-19)21-11-31-27(32-12-21)37-8-7-36(15-24(37)16-38)26(33-17-29)25-9-20(10-30-25)22-13-34-35(2)14-22/h3-6,9-14,17-18,24,29-30,38H,7-8,15-16H2,1-2H3/b29-17?,33-26+/t18-,24-/m0/s1. The van der Waals surface area contributed by atoms with Gasteiger partial charge in [-0.05, 0) is 29.3 Å². The predicted octanol–water partition coefficient (Wildman–Crippen LogP) is 3.03. The van der Waals surface area contributed by atoms with Gasteiger partial charge in [-0.15, -0.1) is 0 Å². The molecular formula is C27H30FN9O. The van der Waals surface area contributed by atoms with Crippen LogP contribution >= 0.6 is 0 Å². The summed E-state index contributed by atoms with van der Waals surface area (Å²) in [6.45, 7) is 3.62. The van der Waals surface area contributed by atoms with E-state index in [0.717, 1.165) is 34.3 Å². The quantitative estimate of drug-likeness (QED) is 0.257. The third-order valence-electron chi connectivity index (χ3n) is 6.93. The summed E-state index contributed by atoms with van der Waals surface area (Å²) in [5.41, 5.74) is 4.66. The lowest BCUT2D eigenvalue weighted by atomic mass is 9.95. The highest BCUT2D eigenvalue weighted by Gasteiger charge is 2.31. The number of aromatic nitrogens is 5. The zero-order valence-corrected chi connectivity index (χ0v) is 21.3. The van der Waals surface area contributed by atoms with Crippen LogP contribution in [-0.2, 0) is 7.05 Å². The molecule has 1 aliphatic rings. The molecule has 1 fully saturated rings. The second-order valence-corrected chi connectivity index (χ2v) is 9.35. The Morgan fingerprint density at radius 2 is 1.95 bits per heavy atom. The van der Waals surface area contributed by atoms with Crippen LogP contribution in [0.4, 0.5) is 10.3 Å². The highest BCUT2D eigenvalue weighted by molar-refractivity contribution is 6.01. The molecule has 2 atom stereocenters. The maximum absolute atomic E-state index is 13.3. The van der Waals surface area contributed by atoms with E-state index in [1.54, 1.807) is 35.4 Å². The molecule has 4 aromatic rings. The summed E-state index contributed by atoms with van der Waals surface area (Å²) in [5, 5.41) is 22.1. The van der Waals surface area contributed by atoms with E-state index < -0.39 is 0 Å². The van der Waals surface area contributed by atoms with Gasteiger partial charge in [-0.1, -0.05) is 19.1 Å². The van der Waals surface area contributed by atoms with Crippen molar-refractivity contribution < 1.29 is 9.50 Å². The maximum atomic E-state index is 13.3. The van der Waals surface area contributed by atoms with Crippen molar-refractivity contribution in [3.8, 4) is 11.1 Å². The highest BCUT2D eigenvalue weighted by Crippen LogP contribution is 2.26. The second-order valence-electron chi connectivity index (χ2n) is 9.35. The number of piperazine rings is 1. The van der Waals surface area contributed by atoms with Crippen LogP contribution in [0, 0.1) is 11.2 Å². The van der Waals surface area contributed by atoms with Crippen LogP contribution in [0.1, 0.15) is 29.7 Å². The Morgan fingerprint density at radius 3 is 2.61 bits per heavy atom. The zero-order chi connectivity index (χ0) is 26.6. The summed E-state index contributed by atoms with van der Waals surface area (Å²) in [7, 11) is 1.87. The fourth-order valence-electron chi connectivity index (χ4n) is 4.76. The molecule has 5 rings (SSSR count). The average molecular weight is 516 g/mol. The summed E-state index contributed by atoms with van der Waals surface area (Å²) >= 11 is 0. The maximum Gasteiger partial charge on any atom is 0.225 e. The van der Waals surface area contributed by atoms with Crippen molar-refractivity contribution in [1.82, 2.24) is 29.6 Å². The minimum atomic E-state index is -0.263. The zero-order valence-electron chi connectivity index (χ0n) is 21.3. The number of H-pyrrole nitrogens is 1. The van der Waals surface area contributed by atoms with Gasteiger partial charge in [0.2, 0.25) is 5.95 Å². The Bertz CT molecular complexity index is 1410. The van der Waals surface area contributed by atoms with Gasteiger partial charge >= 0.3 is 0 Å². The summed E-state index contributed by atoms with van der Waals surface area (Å²) in [6.07, 6.45) is 10.2. The molecule has 3 aromatic heterocycles. The topological polar surface area (TPSA) is 122 Å². The number of nitrogens with zero attached hydrogens (tertiary/aromatic N) is 7. The molecule has 3 N–H and O–H groups in total. The molecule has 0 radical (unpaired) electrons. The third kappa shape index (κ3) is 5.18. The Kier molecular flexibility index (Phi) is 7.27. The smallest absolute Gasteiger partial charge is 0.225 e. The third-order valence-corrected chi connectivity index (χ3v) is 6.93. The van der Waals surface area contributed by atoms with Crippen molar-refractivity contribution in [2.75, 3.05) is 31.1 Å². The molecule has 0 unspecified atom stereocenters. The molecule has 4 heterocycles. The molecule has 1 saturated heterocycles. The molecule has 196 valence electrons. The van der Waals surface area contributed by atoms with Crippen molar-refractivity contribution in [2.24, 2.45) is 12.0 Å². The van der Waals surface area contributed by atoms with Crippen molar-refractivity contribution in [3.63, 3.8) is 0 Å². The van der Waals surface area contributed by atoms with Crippen molar-refractivity contribution in [1.29, 1.82) is 5.41 Å². The lowest BCUT2D eigenvalue weighted by Crippen LogP contribution is -2.57. The highest BCUT2D eigenvalue weighted by atomic mass is 19.1. The largest absolute Gasteiger partial charge is 0.394 e. The van der Waals surface area contributed by atoms with E-state index >= 15 is 0 Å². The second kappa shape index (κ2) is 10.9. The minimum absolute atomic E-state index is 0.0207. The van der Waals surface area contributed by atoms with Gasteiger partial charge in [-0.25, -0.2) is 19.4 Å². The van der Waals surface area contributed by atoms with Crippen molar-refractivity contribution in [3.05, 3.63) is 84.0 Å². The number of aryl methyl sites for hydroxylation is 1. The number of aromatic amines is 1. The number of hydrogen-bond acceptors (Lipinski definition) is 6. The van der Waals surface area contributed by atoms with E-state index in [2.05, 4.69) is 29.9 Å². The van der Waals surface area contributed by atoms with E-state index in [-0.39, 0.29) is 24.4 Å². The van der Waals surface area contributed by atoms with E-state index in [0.29, 0.717) is 31.4 Å². The normalized spacial score (nSPS) is 17.1. The molecule has 11 heteroatoms. The van der Waals surface area contributed by atoms with Gasteiger partial charge in [-0.3, -0.25) is 10.1 Å². The number of nitrogens with one attached hydrogen (secondary N) is 2. The molecule has 38 heavy (non-hydrogen) atoms. The Hall–Kier alpha value is -4.38. The minimum Gasteiger partial charge on any atom is -0.394 e. The summed E-state index contributed by atoms with van der Waals surface area (Å²) in [5.74, 6) is 0.939. The van der Waals surface area contributed by atoms with E-state index in [4.69, 9.17) is 5.41 Å². The molecule has 10 nitrogen and oxygen atoms in total. The predicted molar refractivity (Wildman–Crippen MR) is 144 cm³/mol. The fraction of sp³-hybridized carbons (Fsp3) is 0.296. The first-order chi connectivity index (χ1) is 18.5. The van der Waals surface area contributed by atoms with Crippen LogP contribution in [0.5, 0.6) is 0 Å². The number of benzene rings is 1. The molecule has 0 aliphatic carbocycles. The number of aliphatic imine (C=N–C) groups is 1. The van der Waals surface area contributed by atoms with Gasteiger partial charge in [0.05, 0.1) is 24.5 Å².